The first-order valence-corrected chi connectivity index (χ1v) is 10.0. The van der Waals surface area contributed by atoms with Gasteiger partial charge in [0, 0.05) is 11.8 Å². The quantitative estimate of drug-likeness (QED) is 0.466. The lowest BCUT2D eigenvalue weighted by molar-refractivity contribution is -0.118. The number of hydrogen-bond donors (Lipinski definition) is 1. The standard InChI is InChI=1S/C25H27NO4/c1-19(2)23-13-6-7-14-24(23)30-18-25(27)26-20-9-8-12-22(17-20)29-16-15-28-21-10-4-3-5-11-21/h3-14,17,19H,15-16,18H2,1-2H3,(H,26,27). The molecule has 3 aromatic rings. The number of amides is 1. The SMILES string of the molecule is CC(C)c1ccccc1OCC(=O)Nc1cccc(OCCOc2ccccc2)c1. The van der Waals surface area contributed by atoms with Crippen molar-refractivity contribution in [2.75, 3.05) is 25.1 Å². The summed E-state index contributed by atoms with van der Waals surface area (Å²) in [6.07, 6.45) is 0. The molecule has 0 radical (unpaired) electrons. The van der Waals surface area contributed by atoms with E-state index >= 15 is 0 Å². The van der Waals surface area contributed by atoms with Crippen LogP contribution in [0.1, 0.15) is 25.3 Å². The Hall–Kier alpha value is -3.47. The number of hydrogen-bond acceptors (Lipinski definition) is 4. The molecule has 0 fully saturated rings. The van der Waals surface area contributed by atoms with Crippen molar-refractivity contribution in [2.24, 2.45) is 0 Å². The third-order valence-corrected chi connectivity index (χ3v) is 4.38. The van der Waals surface area contributed by atoms with E-state index < -0.39 is 0 Å². The van der Waals surface area contributed by atoms with E-state index in [1.807, 2.05) is 72.8 Å². The first kappa shape index (κ1) is 21.2. The molecule has 3 rings (SSSR count). The molecule has 5 nitrogen and oxygen atoms in total. The molecular weight excluding hydrogens is 378 g/mol. The Balaban J connectivity index is 1.46. The van der Waals surface area contributed by atoms with E-state index in [0.29, 0.717) is 30.6 Å². The fourth-order valence-electron chi connectivity index (χ4n) is 2.93. The molecule has 0 unspecified atom stereocenters. The van der Waals surface area contributed by atoms with Gasteiger partial charge in [-0.05, 0) is 41.8 Å². The average Bonchev–Trinajstić information content (AvgIpc) is 2.76. The molecule has 0 saturated carbocycles. The van der Waals surface area contributed by atoms with Crippen molar-refractivity contribution in [3.8, 4) is 17.2 Å². The molecule has 0 bridgehead atoms. The van der Waals surface area contributed by atoms with Crippen LogP contribution < -0.4 is 19.5 Å². The zero-order chi connectivity index (χ0) is 21.2. The van der Waals surface area contributed by atoms with Crippen molar-refractivity contribution in [2.45, 2.75) is 19.8 Å². The Kier molecular flexibility index (Phi) is 7.72. The number of carbonyl (C=O) groups excluding carboxylic acids is 1. The molecule has 0 aliphatic heterocycles. The second-order valence-corrected chi connectivity index (χ2v) is 7.07. The van der Waals surface area contributed by atoms with Crippen LogP contribution in [0.15, 0.2) is 78.9 Å². The Morgan fingerprint density at radius 2 is 1.47 bits per heavy atom. The summed E-state index contributed by atoms with van der Waals surface area (Å²) in [5.41, 5.74) is 1.74. The van der Waals surface area contributed by atoms with E-state index in [4.69, 9.17) is 14.2 Å². The highest BCUT2D eigenvalue weighted by Crippen LogP contribution is 2.26. The Bertz CT molecular complexity index is 941. The summed E-state index contributed by atoms with van der Waals surface area (Å²) in [5.74, 6) is 2.30. The van der Waals surface area contributed by atoms with Crippen molar-refractivity contribution in [1.29, 1.82) is 0 Å². The lowest BCUT2D eigenvalue weighted by Gasteiger charge is -2.14. The largest absolute Gasteiger partial charge is 0.490 e. The fraction of sp³-hybridized carbons (Fsp3) is 0.240. The first-order chi connectivity index (χ1) is 14.6. The number of nitrogens with one attached hydrogen (secondary N) is 1. The molecule has 1 amide bonds. The molecule has 0 heterocycles. The molecule has 5 heteroatoms. The molecule has 0 aromatic heterocycles. The third kappa shape index (κ3) is 6.55. The van der Waals surface area contributed by atoms with Crippen molar-refractivity contribution in [3.63, 3.8) is 0 Å². The molecule has 1 N–H and O–H groups in total. The summed E-state index contributed by atoms with van der Waals surface area (Å²) in [5, 5.41) is 2.84. The molecule has 0 saturated heterocycles. The zero-order valence-corrected chi connectivity index (χ0v) is 17.3. The van der Waals surface area contributed by atoms with E-state index in [2.05, 4.69) is 19.2 Å². The van der Waals surface area contributed by atoms with Gasteiger partial charge in [-0.15, -0.1) is 0 Å². The highest BCUT2D eigenvalue weighted by Gasteiger charge is 2.10. The van der Waals surface area contributed by atoms with Gasteiger partial charge < -0.3 is 19.5 Å². The molecule has 0 atom stereocenters. The van der Waals surface area contributed by atoms with Gasteiger partial charge in [-0.25, -0.2) is 0 Å². The smallest absolute Gasteiger partial charge is 0.262 e. The van der Waals surface area contributed by atoms with Crippen LogP contribution in [0.5, 0.6) is 17.2 Å². The van der Waals surface area contributed by atoms with Crippen molar-refractivity contribution < 1.29 is 19.0 Å². The van der Waals surface area contributed by atoms with Crippen LogP contribution in [0.4, 0.5) is 5.69 Å². The Labute approximate surface area is 177 Å². The van der Waals surface area contributed by atoms with Gasteiger partial charge in [0.1, 0.15) is 30.5 Å². The van der Waals surface area contributed by atoms with Gasteiger partial charge in [-0.3, -0.25) is 4.79 Å². The number of benzene rings is 3. The minimum absolute atomic E-state index is 0.0558. The molecule has 156 valence electrons. The van der Waals surface area contributed by atoms with Crippen LogP contribution in [0, 0.1) is 0 Å². The second-order valence-electron chi connectivity index (χ2n) is 7.07. The molecule has 0 spiro atoms. The highest BCUT2D eigenvalue weighted by atomic mass is 16.5. The van der Waals surface area contributed by atoms with E-state index in [9.17, 15) is 4.79 Å². The maximum absolute atomic E-state index is 12.3. The predicted octanol–water partition coefficient (Wildman–Crippen LogP) is 5.29. The van der Waals surface area contributed by atoms with Crippen molar-refractivity contribution in [3.05, 3.63) is 84.4 Å². The predicted molar refractivity (Wildman–Crippen MR) is 119 cm³/mol. The van der Waals surface area contributed by atoms with Gasteiger partial charge in [0.25, 0.3) is 5.91 Å². The van der Waals surface area contributed by atoms with Gasteiger partial charge in [0.05, 0.1) is 0 Å². The Morgan fingerprint density at radius 3 is 2.23 bits per heavy atom. The van der Waals surface area contributed by atoms with Crippen LogP contribution >= 0.6 is 0 Å². The summed E-state index contributed by atoms with van der Waals surface area (Å²) >= 11 is 0. The zero-order valence-electron chi connectivity index (χ0n) is 17.3. The van der Waals surface area contributed by atoms with Crippen LogP contribution in [-0.2, 0) is 4.79 Å². The topological polar surface area (TPSA) is 56.8 Å². The molecule has 0 aliphatic carbocycles. The number of carbonyl (C=O) groups is 1. The number of para-hydroxylation sites is 2. The van der Waals surface area contributed by atoms with Crippen LogP contribution in [0.2, 0.25) is 0 Å². The van der Waals surface area contributed by atoms with Gasteiger partial charge in [-0.1, -0.05) is 56.3 Å². The average molecular weight is 405 g/mol. The summed E-state index contributed by atoms with van der Waals surface area (Å²) in [4.78, 5) is 12.3. The summed E-state index contributed by atoms with van der Waals surface area (Å²) in [6, 6.07) is 24.6. The second kappa shape index (κ2) is 10.9. The number of anilines is 1. The number of rotatable bonds is 10. The molecule has 30 heavy (non-hydrogen) atoms. The number of ether oxygens (including phenoxy) is 3. The molecule has 0 aliphatic rings. The van der Waals surface area contributed by atoms with E-state index in [1.165, 1.54) is 0 Å². The van der Waals surface area contributed by atoms with Crippen LogP contribution in [0.3, 0.4) is 0 Å². The summed E-state index contributed by atoms with van der Waals surface area (Å²) in [7, 11) is 0. The van der Waals surface area contributed by atoms with Crippen LogP contribution in [-0.4, -0.2) is 25.7 Å². The third-order valence-electron chi connectivity index (χ3n) is 4.38. The van der Waals surface area contributed by atoms with E-state index in [-0.39, 0.29) is 12.5 Å². The Morgan fingerprint density at radius 1 is 0.800 bits per heavy atom. The highest BCUT2D eigenvalue weighted by molar-refractivity contribution is 5.92. The molecular formula is C25H27NO4. The van der Waals surface area contributed by atoms with Crippen LogP contribution in [0.25, 0.3) is 0 Å². The van der Waals surface area contributed by atoms with Gasteiger partial charge in [0.15, 0.2) is 6.61 Å². The van der Waals surface area contributed by atoms with Crippen molar-refractivity contribution in [1.82, 2.24) is 0 Å². The maximum Gasteiger partial charge on any atom is 0.262 e. The van der Waals surface area contributed by atoms with Gasteiger partial charge in [-0.2, -0.15) is 0 Å². The normalized spacial score (nSPS) is 10.5. The molecule has 3 aromatic carbocycles. The van der Waals surface area contributed by atoms with Crippen molar-refractivity contribution >= 4 is 11.6 Å². The van der Waals surface area contributed by atoms with Gasteiger partial charge in [0.2, 0.25) is 0 Å². The maximum atomic E-state index is 12.3. The first-order valence-electron chi connectivity index (χ1n) is 10.0. The van der Waals surface area contributed by atoms with E-state index in [1.54, 1.807) is 6.07 Å². The van der Waals surface area contributed by atoms with Gasteiger partial charge >= 0.3 is 0 Å². The summed E-state index contributed by atoms with van der Waals surface area (Å²) < 4.78 is 17.0. The minimum atomic E-state index is -0.224. The lowest BCUT2D eigenvalue weighted by atomic mass is 10.0. The minimum Gasteiger partial charge on any atom is -0.490 e. The lowest BCUT2D eigenvalue weighted by Crippen LogP contribution is -2.20. The monoisotopic (exact) mass is 405 g/mol. The fourth-order valence-corrected chi connectivity index (χ4v) is 2.93. The summed E-state index contributed by atoms with van der Waals surface area (Å²) in [6.45, 7) is 4.97. The van der Waals surface area contributed by atoms with E-state index in [0.717, 1.165) is 17.1 Å².